The van der Waals surface area contributed by atoms with Crippen molar-refractivity contribution >= 4 is 29.1 Å². The van der Waals surface area contributed by atoms with Crippen molar-refractivity contribution in [2.24, 2.45) is 0 Å². The number of hydrogen-bond donors (Lipinski definition) is 1. The molecule has 0 bridgehead atoms. The summed E-state index contributed by atoms with van der Waals surface area (Å²) >= 11 is 5.56. The van der Waals surface area contributed by atoms with Crippen LogP contribution in [0.1, 0.15) is 21.6 Å². The van der Waals surface area contributed by atoms with Crippen LogP contribution in [0.2, 0.25) is 5.02 Å². The van der Waals surface area contributed by atoms with E-state index in [1.165, 1.54) is 42.2 Å². The molecule has 1 aromatic heterocycles. The summed E-state index contributed by atoms with van der Waals surface area (Å²) in [5, 5.41) is 5.86. The number of anilines is 1. The minimum atomic E-state index is -4.68. The Morgan fingerprint density at radius 2 is 1.88 bits per heavy atom. The lowest BCUT2D eigenvalue weighted by Crippen LogP contribution is -2.35. The van der Waals surface area contributed by atoms with Gasteiger partial charge in [0.05, 0.1) is 34.6 Å². The van der Waals surface area contributed by atoms with Crippen molar-refractivity contribution in [3.05, 3.63) is 76.3 Å². The lowest BCUT2D eigenvalue weighted by molar-refractivity contribution is -0.137. The molecule has 0 spiro atoms. The number of halogens is 5. The molecule has 0 radical (unpaired) electrons. The van der Waals surface area contributed by atoms with Crippen molar-refractivity contribution in [2.45, 2.75) is 13.1 Å². The summed E-state index contributed by atoms with van der Waals surface area (Å²) in [6.45, 7) is 1.14. The number of para-hydroxylation sites is 1. The van der Waals surface area contributed by atoms with Gasteiger partial charge in [0.15, 0.2) is 0 Å². The highest BCUT2D eigenvalue weighted by molar-refractivity contribution is 6.31. The van der Waals surface area contributed by atoms with Crippen molar-refractivity contribution < 1.29 is 27.2 Å². The number of nitrogens with zero attached hydrogens (tertiary/aromatic N) is 3. The van der Waals surface area contributed by atoms with Crippen molar-refractivity contribution in [3.63, 3.8) is 0 Å². The van der Waals surface area contributed by atoms with Crippen LogP contribution in [0.15, 0.2) is 48.7 Å². The van der Waals surface area contributed by atoms with Crippen LogP contribution in [-0.2, 0) is 11.0 Å². The molecule has 3 rings (SSSR count). The molecule has 11 heteroatoms. The molecule has 2 amide bonds. The molecule has 168 valence electrons. The highest BCUT2D eigenvalue weighted by Gasteiger charge is 2.33. The van der Waals surface area contributed by atoms with Crippen LogP contribution in [-0.4, -0.2) is 40.1 Å². The van der Waals surface area contributed by atoms with Gasteiger partial charge in [0.1, 0.15) is 11.5 Å². The summed E-state index contributed by atoms with van der Waals surface area (Å²) in [6, 6.07) is 8.87. The minimum absolute atomic E-state index is 0.115. The van der Waals surface area contributed by atoms with Crippen LogP contribution >= 0.6 is 11.6 Å². The van der Waals surface area contributed by atoms with E-state index in [1.807, 2.05) is 0 Å². The van der Waals surface area contributed by atoms with Crippen molar-refractivity contribution in [2.75, 3.05) is 18.9 Å². The Morgan fingerprint density at radius 3 is 2.53 bits per heavy atom. The number of aromatic nitrogens is 2. The van der Waals surface area contributed by atoms with Crippen LogP contribution in [0.25, 0.3) is 5.69 Å². The molecule has 0 aliphatic carbocycles. The molecule has 2 aromatic carbocycles. The van der Waals surface area contributed by atoms with E-state index in [9.17, 15) is 27.2 Å². The van der Waals surface area contributed by atoms with Crippen molar-refractivity contribution in [1.29, 1.82) is 0 Å². The van der Waals surface area contributed by atoms with Crippen molar-refractivity contribution in [1.82, 2.24) is 14.7 Å². The van der Waals surface area contributed by atoms with E-state index in [1.54, 1.807) is 13.0 Å². The van der Waals surface area contributed by atoms with E-state index in [4.69, 9.17) is 11.6 Å². The Kier molecular flexibility index (Phi) is 6.54. The number of hydrogen-bond acceptors (Lipinski definition) is 3. The fourth-order valence-electron chi connectivity index (χ4n) is 3.00. The van der Waals surface area contributed by atoms with Gasteiger partial charge in [-0.3, -0.25) is 9.59 Å². The maximum atomic E-state index is 14.0. The minimum Gasteiger partial charge on any atom is -0.332 e. The second-order valence-electron chi connectivity index (χ2n) is 6.91. The van der Waals surface area contributed by atoms with E-state index in [0.29, 0.717) is 11.8 Å². The predicted octanol–water partition coefficient (Wildman–Crippen LogP) is 4.70. The summed E-state index contributed by atoms with van der Waals surface area (Å²) in [7, 11) is 1.35. The van der Waals surface area contributed by atoms with E-state index in [2.05, 4.69) is 10.4 Å². The quantitative estimate of drug-likeness (QED) is 0.552. The molecular formula is C21H17ClF4N4O2. The Labute approximate surface area is 185 Å². The molecular weight excluding hydrogens is 452 g/mol. The number of carbonyl (C=O) groups excluding carboxylic acids is 2. The van der Waals surface area contributed by atoms with Gasteiger partial charge in [-0.1, -0.05) is 23.7 Å². The zero-order valence-electron chi connectivity index (χ0n) is 16.9. The third-order valence-corrected chi connectivity index (χ3v) is 4.93. The lowest BCUT2D eigenvalue weighted by Gasteiger charge is -2.17. The van der Waals surface area contributed by atoms with E-state index >= 15 is 0 Å². The number of benzene rings is 2. The molecule has 32 heavy (non-hydrogen) atoms. The third-order valence-electron chi connectivity index (χ3n) is 4.60. The Hall–Kier alpha value is -3.40. The van der Waals surface area contributed by atoms with Gasteiger partial charge in [0.25, 0.3) is 5.91 Å². The van der Waals surface area contributed by atoms with Gasteiger partial charge in [-0.2, -0.15) is 18.3 Å². The molecule has 6 nitrogen and oxygen atoms in total. The van der Waals surface area contributed by atoms with Gasteiger partial charge in [0, 0.05) is 12.7 Å². The fourth-order valence-corrected chi connectivity index (χ4v) is 3.22. The number of rotatable bonds is 5. The van der Waals surface area contributed by atoms with Crippen LogP contribution in [0.5, 0.6) is 0 Å². The molecule has 0 saturated carbocycles. The molecule has 0 atom stereocenters. The van der Waals surface area contributed by atoms with Gasteiger partial charge in [-0.25, -0.2) is 9.07 Å². The first-order valence-electron chi connectivity index (χ1n) is 9.20. The Balaban J connectivity index is 1.72. The highest BCUT2D eigenvalue weighted by atomic mass is 35.5. The molecule has 1 N–H and O–H groups in total. The smallest absolute Gasteiger partial charge is 0.332 e. The number of nitrogens with one attached hydrogen (secondary N) is 1. The fraction of sp³-hybridized carbons (Fsp3) is 0.190. The summed E-state index contributed by atoms with van der Waals surface area (Å²) in [5.41, 5.74) is -0.532. The standard InChI is InChI=1S/C21H17ClF4N4O2/c1-12-14(10-27-30(12)18-6-4-3-5-17(18)23)20(32)29(2)11-19(31)28-13-7-8-16(22)15(9-13)21(24,25)26/h3-10H,11H2,1-2H3,(H,28,31). The summed E-state index contributed by atoms with van der Waals surface area (Å²) < 4.78 is 54.2. The molecule has 0 unspecified atom stereocenters. The first kappa shape index (κ1) is 23.3. The first-order chi connectivity index (χ1) is 15.0. The van der Waals surface area contributed by atoms with Crippen molar-refractivity contribution in [3.8, 4) is 5.69 Å². The van der Waals surface area contributed by atoms with Gasteiger partial charge in [0.2, 0.25) is 5.91 Å². The second-order valence-corrected chi connectivity index (χ2v) is 7.32. The molecule has 0 aliphatic heterocycles. The summed E-state index contributed by atoms with van der Waals surface area (Å²) in [5.74, 6) is -1.80. The zero-order valence-corrected chi connectivity index (χ0v) is 17.6. The van der Waals surface area contributed by atoms with Crippen LogP contribution in [0.4, 0.5) is 23.2 Å². The Morgan fingerprint density at radius 1 is 1.19 bits per heavy atom. The Bertz CT molecular complexity index is 1180. The largest absolute Gasteiger partial charge is 0.417 e. The molecule has 1 heterocycles. The van der Waals surface area contributed by atoms with Crippen LogP contribution in [0.3, 0.4) is 0 Å². The molecule has 0 aliphatic rings. The number of alkyl halides is 3. The molecule has 3 aromatic rings. The lowest BCUT2D eigenvalue weighted by atomic mass is 10.2. The SMILES string of the molecule is Cc1c(C(=O)N(C)CC(=O)Nc2ccc(Cl)c(C(F)(F)F)c2)cnn1-c1ccccc1F. The predicted molar refractivity (Wildman–Crippen MR) is 110 cm³/mol. The average molecular weight is 469 g/mol. The average Bonchev–Trinajstić information content (AvgIpc) is 3.09. The number of likely N-dealkylation sites (N-methyl/N-ethyl adjacent to an activating group) is 1. The van der Waals surface area contributed by atoms with E-state index < -0.39 is 40.9 Å². The second kappa shape index (κ2) is 8.99. The van der Waals surface area contributed by atoms with Crippen LogP contribution in [0, 0.1) is 12.7 Å². The third kappa shape index (κ3) is 4.91. The number of amides is 2. The van der Waals surface area contributed by atoms with E-state index in [-0.39, 0.29) is 16.9 Å². The molecule has 0 saturated heterocycles. The monoisotopic (exact) mass is 468 g/mol. The topological polar surface area (TPSA) is 67.2 Å². The zero-order chi connectivity index (χ0) is 23.6. The summed E-state index contributed by atoms with van der Waals surface area (Å²) in [4.78, 5) is 26.1. The summed E-state index contributed by atoms with van der Waals surface area (Å²) in [6.07, 6.45) is -3.42. The maximum Gasteiger partial charge on any atom is 0.417 e. The van der Waals surface area contributed by atoms with Gasteiger partial charge < -0.3 is 10.2 Å². The van der Waals surface area contributed by atoms with Gasteiger partial charge >= 0.3 is 6.18 Å². The first-order valence-corrected chi connectivity index (χ1v) is 9.58. The maximum absolute atomic E-state index is 14.0. The van der Waals surface area contributed by atoms with Gasteiger partial charge in [-0.15, -0.1) is 0 Å². The van der Waals surface area contributed by atoms with E-state index in [0.717, 1.165) is 11.0 Å². The molecule has 0 fully saturated rings. The van der Waals surface area contributed by atoms with Crippen LogP contribution < -0.4 is 5.32 Å². The van der Waals surface area contributed by atoms with Gasteiger partial charge in [-0.05, 0) is 37.3 Å². The number of carbonyl (C=O) groups is 2. The highest BCUT2D eigenvalue weighted by Crippen LogP contribution is 2.36. The normalized spacial score (nSPS) is 11.3.